The minimum atomic E-state index is 0. The number of fused-ring (bicyclic) bond motifs is 1. The van der Waals surface area contributed by atoms with Crippen molar-refractivity contribution >= 4 is 58.4 Å². The molecule has 1 saturated carbocycles. The lowest BCUT2D eigenvalue weighted by atomic mass is 10.2. The van der Waals surface area contributed by atoms with E-state index in [2.05, 4.69) is 44.3 Å². The van der Waals surface area contributed by atoms with E-state index >= 15 is 0 Å². The molecule has 5 nitrogen and oxygen atoms in total. The molecule has 0 radical (unpaired) electrons. The van der Waals surface area contributed by atoms with Crippen molar-refractivity contribution < 1.29 is 0 Å². The fraction of sp³-hybridized carbons (Fsp3) is 0.474. The molecule has 2 aromatic rings. The zero-order valence-electron chi connectivity index (χ0n) is 15.4. The maximum atomic E-state index is 4.63. The Morgan fingerprint density at radius 2 is 2.04 bits per heavy atom. The number of anilines is 1. The third kappa shape index (κ3) is 5.90. The first kappa shape index (κ1) is 21.1. The third-order valence-corrected chi connectivity index (χ3v) is 5.70. The smallest absolute Gasteiger partial charge is 0.191 e. The topological polar surface area (TPSA) is 61.3 Å². The molecule has 1 fully saturated rings. The molecular weight excluding hydrogens is 457 g/mol. The van der Waals surface area contributed by atoms with Crippen molar-refractivity contribution in [2.45, 2.75) is 30.6 Å². The molecule has 2 unspecified atom stereocenters. The molecule has 3 rings (SSSR count). The lowest BCUT2D eigenvalue weighted by Crippen LogP contribution is -2.44. The van der Waals surface area contributed by atoms with Crippen molar-refractivity contribution in [2.75, 3.05) is 31.7 Å². The molecule has 1 aliphatic carbocycles. The third-order valence-electron chi connectivity index (χ3n) is 4.60. The maximum Gasteiger partial charge on any atom is 0.191 e. The van der Waals surface area contributed by atoms with Gasteiger partial charge in [-0.1, -0.05) is 18.2 Å². The van der Waals surface area contributed by atoms with Crippen LogP contribution in [-0.4, -0.2) is 48.6 Å². The Morgan fingerprint density at radius 3 is 2.81 bits per heavy atom. The van der Waals surface area contributed by atoms with Gasteiger partial charge in [0.15, 0.2) is 5.96 Å². The van der Waals surface area contributed by atoms with Crippen LogP contribution < -0.4 is 16.0 Å². The van der Waals surface area contributed by atoms with E-state index in [-0.39, 0.29) is 24.0 Å². The van der Waals surface area contributed by atoms with Gasteiger partial charge in [0.2, 0.25) is 0 Å². The number of aliphatic imine (C=N–C) groups is 1. The summed E-state index contributed by atoms with van der Waals surface area (Å²) in [6, 6.07) is 12.8. The highest BCUT2D eigenvalue weighted by atomic mass is 127. The van der Waals surface area contributed by atoms with E-state index in [0.717, 1.165) is 41.0 Å². The van der Waals surface area contributed by atoms with Gasteiger partial charge in [0.1, 0.15) is 5.82 Å². The molecule has 3 N–H and O–H groups in total. The highest BCUT2D eigenvalue weighted by Crippen LogP contribution is 2.27. The highest BCUT2D eigenvalue weighted by Gasteiger charge is 2.24. The van der Waals surface area contributed by atoms with Crippen LogP contribution in [-0.2, 0) is 0 Å². The molecule has 26 heavy (non-hydrogen) atoms. The van der Waals surface area contributed by atoms with E-state index in [0.29, 0.717) is 6.04 Å². The normalized spacial score (nSPS) is 19.8. The van der Waals surface area contributed by atoms with Crippen LogP contribution in [0.5, 0.6) is 0 Å². The average Bonchev–Trinajstić information content (AvgIpc) is 3.11. The standard InChI is InChI=1S/C19H27N5S.HI/c1-20-19(23-15-8-9-16(13-15)25-2)22-12-11-21-18-10-7-14-5-3-4-6-17(14)24-18;/h3-7,10,15-16H,8-9,11-13H2,1-2H3,(H,21,24)(H2,20,22,23);1H. The number of hydrogen-bond donors (Lipinski definition) is 3. The monoisotopic (exact) mass is 485 g/mol. The average molecular weight is 485 g/mol. The van der Waals surface area contributed by atoms with E-state index in [1.807, 2.05) is 43.1 Å². The van der Waals surface area contributed by atoms with Gasteiger partial charge < -0.3 is 16.0 Å². The number of nitrogens with one attached hydrogen (secondary N) is 3. The first-order chi connectivity index (χ1) is 12.3. The van der Waals surface area contributed by atoms with Crippen LogP contribution in [0.4, 0.5) is 5.82 Å². The quantitative estimate of drug-likeness (QED) is 0.252. The lowest BCUT2D eigenvalue weighted by Gasteiger charge is -2.17. The summed E-state index contributed by atoms with van der Waals surface area (Å²) >= 11 is 1.97. The fourth-order valence-corrected chi connectivity index (χ4v) is 4.01. The number of rotatable bonds is 6. The predicted molar refractivity (Wildman–Crippen MR) is 125 cm³/mol. The van der Waals surface area contributed by atoms with Crippen molar-refractivity contribution in [1.29, 1.82) is 0 Å². The molecule has 1 aromatic carbocycles. The molecule has 0 amide bonds. The Morgan fingerprint density at radius 1 is 1.19 bits per heavy atom. The number of guanidine groups is 1. The van der Waals surface area contributed by atoms with Gasteiger partial charge in [-0.05, 0) is 43.7 Å². The molecule has 1 aromatic heterocycles. The number of aromatic nitrogens is 1. The van der Waals surface area contributed by atoms with Crippen molar-refractivity contribution in [3.63, 3.8) is 0 Å². The first-order valence-electron chi connectivity index (χ1n) is 8.88. The van der Waals surface area contributed by atoms with Gasteiger partial charge in [-0.25, -0.2) is 4.98 Å². The summed E-state index contributed by atoms with van der Waals surface area (Å²) in [5.41, 5.74) is 1.02. The SMILES string of the molecule is CN=C(NCCNc1ccc2ccccc2n1)NC1CCC(SC)C1.I. The van der Waals surface area contributed by atoms with E-state index in [1.54, 1.807) is 0 Å². The number of para-hydroxylation sites is 1. The molecule has 1 aliphatic rings. The van der Waals surface area contributed by atoms with Gasteiger partial charge >= 0.3 is 0 Å². The Hall–Kier alpha value is -1.22. The Labute approximate surface area is 177 Å². The van der Waals surface area contributed by atoms with E-state index in [1.165, 1.54) is 19.3 Å². The summed E-state index contributed by atoms with van der Waals surface area (Å²) in [6.45, 7) is 1.59. The van der Waals surface area contributed by atoms with Gasteiger partial charge in [-0.2, -0.15) is 11.8 Å². The number of halogens is 1. The maximum absolute atomic E-state index is 4.63. The van der Waals surface area contributed by atoms with Crippen molar-refractivity contribution in [1.82, 2.24) is 15.6 Å². The number of pyridine rings is 1. The minimum absolute atomic E-state index is 0. The molecule has 0 bridgehead atoms. The molecule has 0 aliphatic heterocycles. The van der Waals surface area contributed by atoms with Gasteiger partial charge in [-0.15, -0.1) is 24.0 Å². The summed E-state index contributed by atoms with van der Waals surface area (Å²) in [5, 5.41) is 12.2. The second-order valence-corrected chi connectivity index (χ2v) is 7.47. The molecular formula is C19H28IN5S. The van der Waals surface area contributed by atoms with Crippen molar-refractivity contribution in [3.8, 4) is 0 Å². The van der Waals surface area contributed by atoms with Gasteiger partial charge in [-0.3, -0.25) is 4.99 Å². The molecule has 0 saturated heterocycles. The van der Waals surface area contributed by atoms with E-state index in [9.17, 15) is 0 Å². The van der Waals surface area contributed by atoms with Crippen LogP contribution >= 0.6 is 35.7 Å². The number of benzene rings is 1. The summed E-state index contributed by atoms with van der Waals surface area (Å²) < 4.78 is 0. The van der Waals surface area contributed by atoms with Gasteiger partial charge in [0, 0.05) is 36.8 Å². The second-order valence-electron chi connectivity index (χ2n) is 6.33. The van der Waals surface area contributed by atoms with Crippen LogP contribution in [0.25, 0.3) is 10.9 Å². The molecule has 142 valence electrons. The van der Waals surface area contributed by atoms with E-state index in [4.69, 9.17) is 0 Å². The Kier molecular flexibility index (Phi) is 8.77. The Balaban J connectivity index is 0.00000243. The Bertz CT molecular complexity index is 724. The van der Waals surface area contributed by atoms with Crippen LogP contribution in [0.15, 0.2) is 41.4 Å². The summed E-state index contributed by atoms with van der Waals surface area (Å²) in [4.78, 5) is 8.96. The zero-order chi connectivity index (χ0) is 17.5. The van der Waals surface area contributed by atoms with E-state index < -0.39 is 0 Å². The van der Waals surface area contributed by atoms with Crippen molar-refractivity contribution in [2.24, 2.45) is 4.99 Å². The van der Waals surface area contributed by atoms with Crippen LogP contribution in [0, 0.1) is 0 Å². The van der Waals surface area contributed by atoms with Crippen LogP contribution in [0.2, 0.25) is 0 Å². The largest absolute Gasteiger partial charge is 0.368 e. The predicted octanol–water partition coefficient (Wildman–Crippen LogP) is 3.71. The highest BCUT2D eigenvalue weighted by molar-refractivity contribution is 14.0. The number of nitrogens with zero attached hydrogens (tertiary/aromatic N) is 2. The molecule has 7 heteroatoms. The molecule has 0 spiro atoms. The summed E-state index contributed by atoms with van der Waals surface area (Å²) in [5.74, 6) is 1.79. The fourth-order valence-electron chi connectivity index (χ4n) is 3.21. The van der Waals surface area contributed by atoms with Crippen LogP contribution in [0.1, 0.15) is 19.3 Å². The number of thioether (sulfide) groups is 1. The van der Waals surface area contributed by atoms with Gasteiger partial charge in [0.05, 0.1) is 5.52 Å². The molecule has 1 heterocycles. The van der Waals surface area contributed by atoms with Gasteiger partial charge in [0.25, 0.3) is 0 Å². The summed E-state index contributed by atoms with van der Waals surface area (Å²) in [6.07, 6.45) is 5.95. The second kappa shape index (κ2) is 10.8. The zero-order valence-corrected chi connectivity index (χ0v) is 18.5. The number of hydrogen-bond acceptors (Lipinski definition) is 4. The first-order valence-corrected chi connectivity index (χ1v) is 10.2. The summed E-state index contributed by atoms with van der Waals surface area (Å²) in [7, 11) is 1.83. The minimum Gasteiger partial charge on any atom is -0.368 e. The van der Waals surface area contributed by atoms with Crippen molar-refractivity contribution in [3.05, 3.63) is 36.4 Å². The lowest BCUT2D eigenvalue weighted by molar-refractivity contribution is 0.616. The molecule has 2 atom stereocenters. The van der Waals surface area contributed by atoms with Crippen LogP contribution in [0.3, 0.4) is 0 Å².